The molecule has 8 heteroatoms. The third-order valence-corrected chi connectivity index (χ3v) is 4.35. The number of ether oxygens (including phenoxy) is 2. The number of nitrogens with one attached hydrogen (secondary N) is 1. The fraction of sp³-hybridized carbons (Fsp3) is 0.267. The third kappa shape index (κ3) is 4.70. The summed E-state index contributed by atoms with van der Waals surface area (Å²) in [6.45, 7) is 1.44. The number of thiazole rings is 1. The molecule has 0 bridgehead atoms. The van der Waals surface area contributed by atoms with Gasteiger partial charge in [-0.05, 0) is 24.5 Å². The lowest BCUT2D eigenvalue weighted by Crippen LogP contribution is -2.08. The smallest absolute Gasteiger partial charge is 0.342 e. The van der Waals surface area contributed by atoms with Crippen molar-refractivity contribution in [3.8, 4) is 5.75 Å². The molecule has 1 heterocycles. The van der Waals surface area contributed by atoms with Gasteiger partial charge in [-0.2, -0.15) is 0 Å². The third-order valence-electron chi connectivity index (χ3n) is 2.81. The van der Waals surface area contributed by atoms with Crippen LogP contribution in [0.15, 0.2) is 28.5 Å². The van der Waals surface area contributed by atoms with Crippen LogP contribution in [0.1, 0.15) is 23.0 Å². The van der Waals surface area contributed by atoms with E-state index in [4.69, 9.17) is 9.47 Å². The number of aromatic nitrogens is 1. The molecule has 6 nitrogen and oxygen atoms in total. The Morgan fingerprint density at radius 1 is 1.39 bits per heavy atom. The number of anilines is 1. The summed E-state index contributed by atoms with van der Waals surface area (Å²) in [6, 6.07) is 5.30. The van der Waals surface area contributed by atoms with Crippen LogP contribution in [-0.2, 0) is 16.1 Å². The molecule has 1 N–H and O–H groups in total. The summed E-state index contributed by atoms with van der Waals surface area (Å²) in [5, 5.41) is 4.79. The molecule has 122 valence electrons. The quantitative estimate of drug-likeness (QED) is 0.635. The van der Waals surface area contributed by atoms with Gasteiger partial charge in [-0.3, -0.25) is 4.79 Å². The predicted octanol–water partition coefficient (Wildman–Crippen LogP) is 3.19. The standard InChI is InChI=1S/C15H16N2O4S2/c1-9(18)16-15-17-10(8-23-15)7-21-14(19)12-5-4-11(22-3)6-13(12)20-2/h4-6,8H,7H2,1-3H3,(H,16,17,18). The summed E-state index contributed by atoms with van der Waals surface area (Å²) < 4.78 is 10.5. The van der Waals surface area contributed by atoms with Gasteiger partial charge in [-0.15, -0.1) is 23.1 Å². The lowest BCUT2D eigenvalue weighted by molar-refractivity contribution is -0.114. The Morgan fingerprint density at radius 3 is 2.83 bits per heavy atom. The summed E-state index contributed by atoms with van der Waals surface area (Å²) >= 11 is 2.84. The molecular weight excluding hydrogens is 336 g/mol. The second-order valence-electron chi connectivity index (χ2n) is 4.47. The molecule has 1 aromatic carbocycles. The summed E-state index contributed by atoms with van der Waals surface area (Å²) in [5.41, 5.74) is 0.939. The molecule has 0 aliphatic carbocycles. The number of carbonyl (C=O) groups is 2. The zero-order chi connectivity index (χ0) is 16.8. The van der Waals surface area contributed by atoms with E-state index in [-0.39, 0.29) is 12.5 Å². The van der Waals surface area contributed by atoms with Gasteiger partial charge in [-0.1, -0.05) is 0 Å². The molecule has 0 unspecified atom stereocenters. The van der Waals surface area contributed by atoms with Crippen molar-refractivity contribution in [1.82, 2.24) is 4.98 Å². The highest BCUT2D eigenvalue weighted by molar-refractivity contribution is 7.98. The Labute approximate surface area is 142 Å². The van der Waals surface area contributed by atoms with Crippen molar-refractivity contribution in [2.45, 2.75) is 18.4 Å². The van der Waals surface area contributed by atoms with Crippen molar-refractivity contribution in [2.75, 3.05) is 18.7 Å². The van der Waals surface area contributed by atoms with E-state index >= 15 is 0 Å². The normalized spacial score (nSPS) is 10.2. The highest BCUT2D eigenvalue weighted by Gasteiger charge is 2.15. The van der Waals surface area contributed by atoms with Gasteiger partial charge < -0.3 is 14.8 Å². The van der Waals surface area contributed by atoms with Gasteiger partial charge in [0.05, 0.1) is 12.8 Å². The maximum atomic E-state index is 12.2. The van der Waals surface area contributed by atoms with Crippen LogP contribution in [0.2, 0.25) is 0 Å². The molecule has 1 amide bonds. The topological polar surface area (TPSA) is 77.5 Å². The van der Waals surface area contributed by atoms with E-state index in [0.717, 1.165) is 4.90 Å². The number of esters is 1. The van der Waals surface area contributed by atoms with Crippen LogP contribution >= 0.6 is 23.1 Å². The Morgan fingerprint density at radius 2 is 2.17 bits per heavy atom. The van der Waals surface area contributed by atoms with Crippen LogP contribution in [0.4, 0.5) is 5.13 Å². The van der Waals surface area contributed by atoms with Crippen molar-refractivity contribution in [1.29, 1.82) is 0 Å². The van der Waals surface area contributed by atoms with Crippen LogP contribution in [0.5, 0.6) is 5.75 Å². The zero-order valence-corrected chi connectivity index (χ0v) is 14.5. The molecule has 2 aromatic rings. The Kier molecular flexibility index (Phi) is 6.00. The van der Waals surface area contributed by atoms with Crippen molar-refractivity contribution in [3.05, 3.63) is 34.8 Å². The average molecular weight is 352 g/mol. The summed E-state index contributed by atoms with van der Waals surface area (Å²) in [7, 11) is 1.51. The van der Waals surface area contributed by atoms with E-state index in [1.807, 2.05) is 12.3 Å². The molecule has 0 saturated carbocycles. The first-order valence-electron chi connectivity index (χ1n) is 6.64. The Balaban J connectivity index is 2.02. The monoisotopic (exact) mass is 352 g/mol. The molecule has 0 saturated heterocycles. The lowest BCUT2D eigenvalue weighted by atomic mass is 10.2. The average Bonchev–Trinajstić information content (AvgIpc) is 2.98. The second-order valence-corrected chi connectivity index (χ2v) is 6.21. The number of methoxy groups -OCH3 is 1. The fourth-order valence-electron chi connectivity index (χ4n) is 1.77. The van der Waals surface area contributed by atoms with Crippen LogP contribution in [0, 0.1) is 0 Å². The van der Waals surface area contributed by atoms with Crippen LogP contribution in [0.3, 0.4) is 0 Å². The number of hydrogen-bond donors (Lipinski definition) is 1. The number of hydrogen-bond acceptors (Lipinski definition) is 7. The van der Waals surface area contributed by atoms with Gasteiger partial charge in [0.2, 0.25) is 5.91 Å². The number of amides is 1. The van der Waals surface area contributed by atoms with Crippen LogP contribution < -0.4 is 10.1 Å². The first kappa shape index (κ1) is 17.3. The Hall–Kier alpha value is -2.06. The lowest BCUT2D eigenvalue weighted by Gasteiger charge is -2.09. The molecule has 0 atom stereocenters. The molecule has 0 fully saturated rings. The highest BCUT2D eigenvalue weighted by atomic mass is 32.2. The maximum absolute atomic E-state index is 12.2. The minimum Gasteiger partial charge on any atom is -0.496 e. The van der Waals surface area contributed by atoms with Gasteiger partial charge in [0.1, 0.15) is 17.9 Å². The molecular formula is C15H16N2O4S2. The molecule has 1 aromatic heterocycles. The van der Waals surface area contributed by atoms with E-state index < -0.39 is 5.97 Å². The molecule has 2 rings (SSSR count). The maximum Gasteiger partial charge on any atom is 0.342 e. The largest absolute Gasteiger partial charge is 0.496 e. The summed E-state index contributed by atoms with van der Waals surface area (Å²) in [4.78, 5) is 28.3. The summed E-state index contributed by atoms with van der Waals surface area (Å²) in [5.74, 6) is -0.204. The highest BCUT2D eigenvalue weighted by Crippen LogP contribution is 2.26. The molecule has 0 spiro atoms. The van der Waals surface area contributed by atoms with Gasteiger partial charge in [-0.25, -0.2) is 9.78 Å². The minimum absolute atomic E-state index is 0.0301. The first-order chi connectivity index (χ1) is 11.0. The van der Waals surface area contributed by atoms with E-state index in [9.17, 15) is 9.59 Å². The summed E-state index contributed by atoms with van der Waals surface area (Å²) in [6.07, 6.45) is 1.95. The van der Waals surface area contributed by atoms with E-state index in [0.29, 0.717) is 22.1 Å². The van der Waals surface area contributed by atoms with Gasteiger partial charge >= 0.3 is 5.97 Å². The van der Waals surface area contributed by atoms with Crippen molar-refractivity contribution < 1.29 is 19.1 Å². The van der Waals surface area contributed by atoms with E-state index in [1.54, 1.807) is 29.3 Å². The fourth-order valence-corrected chi connectivity index (χ4v) is 2.94. The SMILES string of the molecule is COc1cc(SC)ccc1C(=O)OCc1csc(NC(C)=O)n1. The van der Waals surface area contributed by atoms with Crippen molar-refractivity contribution in [2.24, 2.45) is 0 Å². The van der Waals surface area contributed by atoms with E-state index in [2.05, 4.69) is 10.3 Å². The van der Waals surface area contributed by atoms with Crippen LogP contribution in [-0.4, -0.2) is 30.2 Å². The zero-order valence-electron chi connectivity index (χ0n) is 12.9. The molecule has 0 aliphatic rings. The van der Waals surface area contributed by atoms with Crippen LogP contribution in [0.25, 0.3) is 0 Å². The second kappa shape index (κ2) is 7.98. The number of rotatable bonds is 6. The number of benzene rings is 1. The number of thioether (sulfide) groups is 1. The van der Waals surface area contributed by atoms with Gasteiger partial charge in [0.25, 0.3) is 0 Å². The first-order valence-corrected chi connectivity index (χ1v) is 8.75. The van der Waals surface area contributed by atoms with E-state index in [1.165, 1.54) is 25.4 Å². The Bertz CT molecular complexity index is 715. The number of carbonyl (C=O) groups excluding carboxylic acids is 2. The van der Waals surface area contributed by atoms with Gasteiger partial charge in [0, 0.05) is 17.2 Å². The van der Waals surface area contributed by atoms with Crippen molar-refractivity contribution >= 4 is 40.1 Å². The molecule has 0 aliphatic heterocycles. The van der Waals surface area contributed by atoms with Crippen molar-refractivity contribution in [3.63, 3.8) is 0 Å². The molecule has 0 radical (unpaired) electrons. The van der Waals surface area contributed by atoms with Gasteiger partial charge in [0.15, 0.2) is 5.13 Å². The number of nitrogens with zero attached hydrogens (tertiary/aromatic N) is 1. The predicted molar refractivity (Wildman–Crippen MR) is 90.3 cm³/mol. The molecule has 23 heavy (non-hydrogen) atoms. The minimum atomic E-state index is -0.483.